The van der Waals surface area contributed by atoms with Crippen molar-refractivity contribution in [2.24, 2.45) is 0 Å². The predicted octanol–water partition coefficient (Wildman–Crippen LogP) is 2.04. The number of fused-ring (bicyclic) bond motifs is 1. The van der Waals surface area contributed by atoms with Gasteiger partial charge in [-0.2, -0.15) is 5.10 Å². The van der Waals surface area contributed by atoms with Crippen molar-refractivity contribution >= 4 is 22.8 Å². The monoisotopic (exact) mass is 189 g/mol. The smallest absolute Gasteiger partial charge is 0.258 e. The lowest BCUT2D eigenvalue weighted by Crippen LogP contribution is -1.90. The Morgan fingerprint density at radius 3 is 3.00 bits per heavy atom. The van der Waals surface area contributed by atoms with Crippen molar-refractivity contribution in [3.8, 4) is 0 Å². The number of nitrogens with zero attached hydrogens (tertiary/aromatic N) is 3. The van der Waals surface area contributed by atoms with Crippen LogP contribution in [0.5, 0.6) is 0 Å². The second-order valence-corrected chi connectivity index (χ2v) is 2.77. The first kappa shape index (κ1) is 8.43. The van der Waals surface area contributed by atoms with Gasteiger partial charge in [-0.15, -0.1) is 0 Å². The Hall–Kier alpha value is -2.17. The van der Waals surface area contributed by atoms with Gasteiger partial charge >= 0.3 is 0 Å². The van der Waals surface area contributed by atoms with Crippen molar-refractivity contribution in [3.05, 3.63) is 41.1 Å². The summed E-state index contributed by atoms with van der Waals surface area (Å²) in [6.45, 7) is 3.56. The molecule has 70 valence electrons. The van der Waals surface area contributed by atoms with Gasteiger partial charge in [-0.25, -0.2) is 4.68 Å². The molecule has 0 amide bonds. The summed E-state index contributed by atoms with van der Waals surface area (Å²) < 4.78 is 1.50. The third-order valence-corrected chi connectivity index (χ3v) is 1.97. The number of hydrogen-bond acceptors (Lipinski definition) is 3. The summed E-state index contributed by atoms with van der Waals surface area (Å²) in [6, 6.07) is 4.60. The molecule has 0 aliphatic heterocycles. The minimum absolute atomic E-state index is 0.0566. The lowest BCUT2D eigenvalue weighted by molar-refractivity contribution is -0.384. The number of non-ortho nitro benzene ring substituents is 1. The summed E-state index contributed by atoms with van der Waals surface area (Å²) in [5, 5.41) is 15.4. The summed E-state index contributed by atoms with van der Waals surface area (Å²) in [6.07, 6.45) is 3.15. The van der Waals surface area contributed by atoms with E-state index in [2.05, 4.69) is 11.7 Å². The van der Waals surface area contributed by atoms with Gasteiger partial charge in [-0.05, 0) is 6.07 Å². The molecular formula is C9H7N3O2. The van der Waals surface area contributed by atoms with E-state index in [1.807, 2.05) is 0 Å². The second-order valence-electron chi connectivity index (χ2n) is 2.77. The van der Waals surface area contributed by atoms with E-state index < -0.39 is 4.92 Å². The van der Waals surface area contributed by atoms with Crippen LogP contribution in [-0.2, 0) is 0 Å². The van der Waals surface area contributed by atoms with Gasteiger partial charge in [0.25, 0.3) is 5.69 Å². The van der Waals surface area contributed by atoms with Crippen LogP contribution in [0.25, 0.3) is 17.1 Å². The number of aromatic nitrogens is 2. The molecule has 1 aromatic heterocycles. The highest BCUT2D eigenvalue weighted by molar-refractivity contribution is 5.82. The summed E-state index contributed by atoms with van der Waals surface area (Å²) >= 11 is 0. The van der Waals surface area contributed by atoms with Gasteiger partial charge in [-0.3, -0.25) is 10.1 Å². The Morgan fingerprint density at radius 2 is 2.36 bits per heavy atom. The Labute approximate surface area is 79.4 Å². The van der Waals surface area contributed by atoms with Gasteiger partial charge < -0.3 is 0 Å². The molecule has 5 nitrogen and oxygen atoms in total. The molecule has 0 fully saturated rings. The van der Waals surface area contributed by atoms with Gasteiger partial charge in [0.2, 0.25) is 0 Å². The molecule has 0 N–H and O–H groups in total. The van der Waals surface area contributed by atoms with E-state index >= 15 is 0 Å². The van der Waals surface area contributed by atoms with Gasteiger partial charge in [0.15, 0.2) is 0 Å². The minimum atomic E-state index is -0.431. The molecular weight excluding hydrogens is 182 g/mol. The van der Waals surface area contributed by atoms with Crippen molar-refractivity contribution in [1.29, 1.82) is 0 Å². The summed E-state index contributed by atoms with van der Waals surface area (Å²) in [7, 11) is 0. The maximum atomic E-state index is 10.5. The van der Waals surface area contributed by atoms with E-state index in [-0.39, 0.29) is 5.69 Å². The van der Waals surface area contributed by atoms with Crippen LogP contribution in [0.4, 0.5) is 5.69 Å². The van der Waals surface area contributed by atoms with Gasteiger partial charge in [0.1, 0.15) is 0 Å². The molecule has 2 aromatic rings. The van der Waals surface area contributed by atoms with Crippen molar-refractivity contribution in [2.75, 3.05) is 0 Å². The first-order valence-corrected chi connectivity index (χ1v) is 3.96. The molecule has 2 rings (SSSR count). The van der Waals surface area contributed by atoms with Crippen LogP contribution in [0.15, 0.2) is 31.0 Å². The SMILES string of the molecule is C=Cn1ncc2ccc([N+](=O)[O-])cc21. The Morgan fingerprint density at radius 1 is 1.57 bits per heavy atom. The highest BCUT2D eigenvalue weighted by atomic mass is 16.6. The average molecular weight is 189 g/mol. The Kier molecular flexibility index (Phi) is 1.78. The van der Waals surface area contributed by atoms with E-state index in [0.717, 1.165) is 5.39 Å². The molecule has 5 heteroatoms. The average Bonchev–Trinajstić information content (AvgIpc) is 2.59. The van der Waals surface area contributed by atoms with Crippen LogP contribution < -0.4 is 0 Å². The molecule has 0 saturated carbocycles. The molecule has 0 aliphatic carbocycles. The number of benzene rings is 1. The zero-order valence-electron chi connectivity index (χ0n) is 7.25. The molecule has 0 saturated heterocycles. The molecule has 0 spiro atoms. The van der Waals surface area contributed by atoms with Crippen LogP contribution in [0.1, 0.15) is 0 Å². The van der Waals surface area contributed by atoms with Gasteiger partial charge in [-0.1, -0.05) is 6.58 Å². The molecule has 1 heterocycles. The molecule has 0 unspecified atom stereocenters. The van der Waals surface area contributed by atoms with Crippen molar-refractivity contribution in [3.63, 3.8) is 0 Å². The third-order valence-electron chi connectivity index (χ3n) is 1.97. The van der Waals surface area contributed by atoms with E-state index in [0.29, 0.717) is 5.52 Å². The van der Waals surface area contributed by atoms with E-state index in [1.54, 1.807) is 12.3 Å². The highest BCUT2D eigenvalue weighted by Gasteiger charge is 2.08. The van der Waals surface area contributed by atoms with Crippen LogP contribution >= 0.6 is 0 Å². The van der Waals surface area contributed by atoms with Gasteiger partial charge in [0.05, 0.1) is 16.6 Å². The van der Waals surface area contributed by atoms with Crippen LogP contribution in [-0.4, -0.2) is 14.7 Å². The van der Waals surface area contributed by atoms with E-state index in [9.17, 15) is 10.1 Å². The minimum Gasteiger partial charge on any atom is -0.258 e. The maximum Gasteiger partial charge on any atom is 0.271 e. The number of nitro groups is 1. The zero-order chi connectivity index (χ0) is 10.1. The molecule has 0 atom stereocenters. The topological polar surface area (TPSA) is 61.0 Å². The summed E-state index contributed by atoms with van der Waals surface area (Å²) in [4.78, 5) is 10.1. The maximum absolute atomic E-state index is 10.5. The predicted molar refractivity (Wildman–Crippen MR) is 52.8 cm³/mol. The Balaban J connectivity index is 2.73. The van der Waals surface area contributed by atoms with E-state index in [4.69, 9.17) is 0 Å². The molecule has 1 aromatic carbocycles. The first-order valence-electron chi connectivity index (χ1n) is 3.96. The van der Waals surface area contributed by atoms with Crippen LogP contribution in [0, 0.1) is 10.1 Å². The first-order chi connectivity index (χ1) is 6.72. The molecule has 0 aliphatic rings. The van der Waals surface area contributed by atoms with Crippen molar-refractivity contribution < 1.29 is 4.92 Å². The number of nitro benzene ring substituents is 1. The summed E-state index contributed by atoms with van der Waals surface area (Å²) in [5.74, 6) is 0. The molecule has 14 heavy (non-hydrogen) atoms. The van der Waals surface area contributed by atoms with Crippen molar-refractivity contribution in [2.45, 2.75) is 0 Å². The van der Waals surface area contributed by atoms with Gasteiger partial charge in [0, 0.05) is 23.7 Å². The highest BCUT2D eigenvalue weighted by Crippen LogP contribution is 2.20. The fourth-order valence-electron chi connectivity index (χ4n) is 1.29. The molecule has 0 radical (unpaired) electrons. The largest absolute Gasteiger partial charge is 0.271 e. The third kappa shape index (κ3) is 1.15. The number of hydrogen-bond donors (Lipinski definition) is 0. The quantitative estimate of drug-likeness (QED) is 0.536. The summed E-state index contributed by atoms with van der Waals surface area (Å²) in [5.41, 5.74) is 0.746. The van der Waals surface area contributed by atoms with E-state index in [1.165, 1.54) is 23.0 Å². The fourth-order valence-corrected chi connectivity index (χ4v) is 1.29. The normalized spacial score (nSPS) is 10.3. The fraction of sp³-hybridized carbons (Fsp3) is 0. The van der Waals surface area contributed by atoms with Crippen LogP contribution in [0.2, 0.25) is 0 Å². The Bertz CT molecular complexity index is 516. The molecule has 0 bridgehead atoms. The van der Waals surface area contributed by atoms with Crippen LogP contribution in [0.3, 0.4) is 0 Å². The lowest BCUT2D eigenvalue weighted by atomic mass is 10.2. The lowest BCUT2D eigenvalue weighted by Gasteiger charge is -1.94. The second kappa shape index (κ2) is 2.95. The standard InChI is InChI=1S/C9H7N3O2/c1-2-11-9-5-8(12(13)14)4-3-7(9)6-10-11/h2-6H,1H2. The zero-order valence-corrected chi connectivity index (χ0v) is 7.25. The van der Waals surface area contributed by atoms with Crippen molar-refractivity contribution in [1.82, 2.24) is 9.78 Å². The number of rotatable bonds is 2.